The van der Waals surface area contributed by atoms with Crippen molar-refractivity contribution in [2.24, 2.45) is 5.73 Å². The van der Waals surface area contributed by atoms with Crippen molar-refractivity contribution < 1.29 is 9.59 Å². The van der Waals surface area contributed by atoms with E-state index in [-0.39, 0.29) is 24.9 Å². The first kappa shape index (κ1) is 12.3. The maximum Gasteiger partial charge on any atom is 0.246 e. The summed E-state index contributed by atoms with van der Waals surface area (Å²) in [7, 11) is 0. The Morgan fingerprint density at radius 2 is 2.00 bits per heavy atom. The zero-order chi connectivity index (χ0) is 13.0. The van der Waals surface area contributed by atoms with Gasteiger partial charge < -0.3 is 16.0 Å². The number of rotatable bonds is 3. The van der Waals surface area contributed by atoms with Crippen molar-refractivity contribution in [3.05, 3.63) is 35.9 Å². The highest BCUT2D eigenvalue weighted by molar-refractivity contribution is 6.04. The Labute approximate surface area is 105 Å². The molecule has 1 fully saturated rings. The first-order chi connectivity index (χ1) is 8.70. The van der Waals surface area contributed by atoms with Gasteiger partial charge in [-0.15, -0.1) is 0 Å². The lowest BCUT2D eigenvalue weighted by molar-refractivity contribution is -0.128. The SMILES string of the molecule is NC/C=C/c1ccc(N2CC(=O)NCC2=O)cc1. The standard InChI is InChI=1S/C13H15N3O2/c14-7-1-2-10-3-5-11(6-4-10)16-9-12(17)15-8-13(16)18/h1-6H,7-9,14H2,(H,15,17)/b2-1+. The first-order valence-electron chi connectivity index (χ1n) is 5.74. The molecule has 0 unspecified atom stereocenters. The molecule has 0 saturated carbocycles. The van der Waals surface area contributed by atoms with Crippen LogP contribution in [0.5, 0.6) is 0 Å². The van der Waals surface area contributed by atoms with Crippen molar-refractivity contribution in [1.82, 2.24) is 5.32 Å². The summed E-state index contributed by atoms with van der Waals surface area (Å²) < 4.78 is 0. The molecule has 1 heterocycles. The molecular formula is C13H15N3O2. The molecule has 5 heteroatoms. The van der Waals surface area contributed by atoms with E-state index in [1.54, 1.807) is 0 Å². The molecule has 0 aliphatic carbocycles. The number of carbonyl (C=O) groups excluding carboxylic acids is 2. The van der Waals surface area contributed by atoms with Gasteiger partial charge in [0.05, 0.1) is 6.54 Å². The van der Waals surface area contributed by atoms with Gasteiger partial charge in [-0.05, 0) is 17.7 Å². The molecule has 1 saturated heterocycles. The zero-order valence-corrected chi connectivity index (χ0v) is 9.93. The van der Waals surface area contributed by atoms with E-state index >= 15 is 0 Å². The monoisotopic (exact) mass is 245 g/mol. The summed E-state index contributed by atoms with van der Waals surface area (Å²) in [5.41, 5.74) is 7.12. The molecule has 0 atom stereocenters. The molecule has 3 N–H and O–H groups in total. The second kappa shape index (κ2) is 5.46. The maximum absolute atomic E-state index is 11.7. The Morgan fingerprint density at radius 3 is 2.67 bits per heavy atom. The van der Waals surface area contributed by atoms with E-state index in [2.05, 4.69) is 5.32 Å². The third-order valence-electron chi connectivity index (χ3n) is 2.69. The van der Waals surface area contributed by atoms with E-state index in [1.165, 1.54) is 4.90 Å². The minimum absolute atomic E-state index is 0.0632. The Bertz CT molecular complexity index is 480. The number of nitrogens with two attached hydrogens (primary N) is 1. The number of nitrogens with one attached hydrogen (secondary N) is 1. The Kier molecular flexibility index (Phi) is 3.74. The molecule has 0 radical (unpaired) electrons. The number of piperazine rings is 1. The van der Waals surface area contributed by atoms with Crippen LogP contribution in [0.3, 0.4) is 0 Å². The molecule has 1 aliphatic rings. The molecule has 2 rings (SSSR count). The van der Waals surface area contributed by atoms with Gasteiger partial charge in [0.1, 0.15) is 6.54 Å². The largest absolute Gasteiger partial charge is 0.345 e. The summed E-state index contributed by atoms with van der Waals surface area (Å²) in [6, 6.07) is 7.43. The molecule has 0 bridgehead atoms. The van der Waals surface area contributed by atoms with Gasteiger partial charge in [0.15, 0.2) is 0 Å². The number of hydrogen-bond acceptors (Lipinski definition) is 3. The second-order valence-electron chi connectivity index (χ2n) is 3.99. The summed E-state index contributed by atoms with van der Waals surface area (Å²) in [6.45, 7) is 0.636. The van der Waals surface area contributed by atoms with Crippen LogP contribution in [0.25, 0.3) is 6.08 Å². The third kappa shape index (κ3) is 2.75. The van der Waals surface area contributed by atoms with E-state index in [0.717, 1.165) is 11.3 Å². The summed E-state index contributed by atoms with van der Waals surface area (Å²) in [5, 5.41) is 2.52. The molecular weight excluding hydrogens is 230 g/mol. The average molecular weight is 245 g/mol. The van der Waals surface area contributed by atoms with Gasteiger partial charge >= 0.3 is 0 Å². The quantitative estimate of drug-likeness (QED) is 0.794. The van der Waals surface area contributed by atoms with Crippen LogP contribution in [-0.4, -0.2) is 31.4 Å². The van der Waals surface area contributed by atoms with Crippen LogP contribution in [0.2, 0.25) is 0 Å². The first-order valence-corrected chi connectivity index (χ1v) is 5.74. The van der Waals surface area contributed by atoms with Gasteiger partial charge in [-0.25, -0.2) is 0 Å². The minimum atomic E-state index is -0.137. The van der Waals surface area contributed by atoms with Crippen LogP contribution in [0.4, 0.5) is 5.69 Å². The summed E-state index contributed by atoms with van der Waals surface area (Å²) in [6.07, 6.45) is 3.77. The van der Waals surface area contributed by atoms with Crippen molar-refractivity contribution in [2.45, 2.75) is 0 Å². The van der Waals surface area contributed by atoms with Gasteiger partial charge in [-0.1, -0.05) is 24.3 Å². The Balaban J connectivity index is 2.15. The van der Waals surface area contributed by atoms with E-state index < -0.39 is 0 Å². The van der Waals surface area contributed by atoms with Crippen LogP contribution in [0.15, 0.2) is 30.3 Å². The number of anilines is 1. The van der Waals surface area contributed by atoms with Gasteiger partial charge in [0.2, 0.25) is 11.8 Å². The highest BCUT2D eigenvalue weighted by Gasteiger charge is 2.23. The van der Waals surface area contributed by atoms with Gasteiger partial charge in [0, 0.05) is 12.2 Å². The van der Waals surface area contributed by atoms with Crippen molar-refractivity contribution in [1.29, 1.82) is 0 Å². The normalized spacial score (nSPS) is 16.2. The second-order valence-corrected chi connectivity index (χ2v) is 3.99. The van der Waals surface area contributed by atoms with E-state index in [0.29, 0.717) is 6.54 Å². The maximum atomic E-state index is 11.7. The fourth-order valence-corrected chi connectivity index (χ4v) is 1.76. The molecule has 94 valence electrons. The lowest BCUT2D eigenvalue weighted by atomic mass is 10.1. The summed E-state index contributed by atoms with van der Waals surface area (Å²) >= 11 is 0. The van der Waals surface area contributed by atoms with Gasteiger partial charge in [-0.3, -0.25) is 9.59 Å². The summed E-state index contributed by atoms with van der Waals surface area (Å²) in [4.78, 5) is 24.4. The smallest absolute Gasteiger partial charge is 0.246 e. The molecule has 1 aromatic rings. The molecule has 18 heavy (non-hydrogen) atoms. The van der Waals surface area contributed by atoms with Crippen LogP contribution in [0.1, 0.15) is 5.56 Å². The number of benzene rings is 1. The lowest BCUT2D eigenvalue weighted by Crippen LogP contribution is -2.51. The van der Waals surface area contributed by atoms with Crippen LogP contribution < -0.4 is 16.0 Å². The van der Waals surface area contributed by atoms with E-state index in [4.69, 9.17) is 5.73 Å². The number of amides is 2. The topological polar surface area (TPSA) is 75.4 Å². The molecule has 1 aromatic carbocycles. The third-order valence-corrected chi connectivity index (χ3v) is 2.69. The van der Waals surface area contributed by atoms with Gasteiger partial charge in [-0.2, -0.15) is 0 Å². The fraction of sp³-hybridized carbons (Fsp3) is 0.231. The predicted molar refractivity (Wildman–Crippen MR) is 69.9 cm³/mol. The number of carbonyl (C=O) groups is 2. The Hall–Kier alpha value is -2.14. The van der Waals surface area contributed by atoms with Crippen molar-refractivity contribution in [3.8, 4) is 0 Å². The molecule has 2 amide bonds. The Morgan fingerprint density at radius 1 is 1.28 bits per heavy atom. The molecule has 0 spiro atoms. The van der Waals surface area contributed by atoms with Gasteiger partial charge in [0.25, 0.3) is 0 Å². The predicted octanol–water partition coefficient (Wildman–Crippen LogP) is 0.121. The van der Waals surface area contributed by atoms with Crippen molar-refractivity contribution in [2.75, 3.05) is 24.5 Å². The summed E-state index contributed by atoms with van der Waals surface area (Å²) in [5.74, 6) is -0.235. The van der Waals surface area contributed by atoms with Crippen LogP contribution in [-0.2, 0) is 9.59 Å². The van der Waals surface area contributed by atoms with Crippen molar-refractivity contribution >= 4 is 23.6 Å². The highest BCUT2D eigenvalue weighted by atomic mass is 16.2. The average Bonchev–Trinajstić information content (AvgIpc) is 2.40. The van der Waals surface area contributed by atoms with E-state index in [1.807, 2.05) is 36.4 Å². The highest BCUT2D eigenvalue weighted by Crippen LogP contribution is 2.17. The molecule has 0 aromatic heterocycles. The van der Waals surface area contributed by atoms with E-state index in [9.17, 15) is 9.59 Å². The molecule has 5 nitrogen and oxygen atoms in total. The molecule has 1 aliphatic heterocycles. The lowest BCUT2D eigenvalue weighted by Gasteiger charge is -2.26. The van der Waals surface area contributed by atoms with Crippen LogP contribution in [0, 0.1) is 0 Å². The van der Waals surface area contributed by atoms with Crippen molar-refractivity contribution in [3.63, 3.8) is 0 Å². The number of hydrogen-bond donors (Lipinski definition) is 2. The minimum Gasteiger partial charge on any atom is -0.345 e. The fourth-order valence-electron chi connectivity index (χ4n) is 1.76. The zero-order valence-electron chi connectivity index (χ0n) is 9.93. The van der Waals surface area contributed by atoms with Crippen LogP contribution >= 0.6 is 0 Å². The number of nitrogens with zero attached hydrogens (tertiary/aromatic N) is 1.